The van der Waals surface area contributed by atoms with Gasteiger partial charge in [0.15, 0.2) is 0 Å². The highest BCUT2D eigenvalue weighted by atomic mass is 31.2. The third kappa shape index (κ3) is 20.0. The first kappa shape index (κ1) is 83.3. The van der Waals surface area contributed by atoms with Crippen LogP contribution >= 0.6 is 21.4 Å². The average molecular weight is 1460 g/mol. The monoisotopic (exact) mass is 1450 g/mol. The summed E-state index contributed by atoms with van der Waals surface area (Å²) < 4.78 is 80.6. The summed E-state index contributed by atoms with van der Waals surface area (Å²) in [6.07, 6.45) is -2.97. The maximum absolute atomic E-state index is 15.2. The first-order chi connectivity index (χ1) is 47.7. The third-order valence-electron chi connectivity index (χ3n) is 18.7. The minimum absolute atomic E-state index is 0.0717. The van der Waals surface area contributed by atoms with Crippen LogP contribution in [0, 0.1) is 130 Å². The van der Waals surface area contributed by atoms with Gasteiger partial charge in [0, 0.05) is 57.3 Å². The lowest BCUT2D eigenvalue weighted by Crippen LogP contribution is -2.38. The van der Waals surface area contributed by atoms with E-state index >= 15 is 13.7 Å². The Morgan fingerprint density at radius 2 is 0.431 bits per heavy atom. The fourth-order valence-electron chi connectivity index (χ4n) is 14.0. The van der Waals surface area contributed by atoms with E-state index in [1.165, 1.54) is 0 Å². The van der Waals surface area contributed by atoms with Crippen molar-refractivity contribution in [2.75, 3.05) is 77.9 Å². The van der Waals surface area contributed by atoms with Crippen LogP contribution in [0.25, 0.3) is 0 Å². The summed E-state index contributed by atoms with van der Waals surface area (Å²) in [5.41, 5.74) is 6.93. The van der Waals surface area contributed by atoms with E-state index in [9.17, 15) is 43.2 Å². The maximum atomic E-state index is 15.2. The minimum atomic E-state index is -4.51. The molecule has 548 valence electrons. The summed E-state index contributed by atoms with van der Waals surface area (Å²) in [5.74, 6) is -2.47. The summed E-state index contributed by atoms with van der Waals surface area (Å²) in [5, 5.41) is 0. The number of esters is 3. The Labute approximate surface area is 601 Å². The molecule has 0 aliphatic rings. The molecule has 0 amide bonds. The van der Waals surface area contributed by atoms with Crippen LogP contribution in [0.5, 0.6) is 0 Å². The summed E-state index contributed by atoms with van der Waals surface area (Å²) in [6.45, 7) is 32.1. The van der Waals surface area contributed by atoms with Gasteiger partial charge in [0.2, 0.25) is 54.6 Å². The maximum Gasteiger partial charge on any atom is 0.306 e. The van der Waals surface area contributed by atoms with Crippen LogP contribution in [-0.2, 0) is 56.5 Å². The first-order valence-corrected chi connectivity index (χ1v) is 40.2. The zero-order valence-electron chi connectivity index (χ0n) is 62.9. The van der Waals surface area contributed by atoms with Gasteiger partial charge in [-0.15, -0.1) is 0 Å². The Morgan fingerprint density at radius 3 is 0.578 bits per heavy atom. The summed E-state index contributed by atoms with van der Waals surface area (Å²) in [6, 6.07) is 21.3. The van der Waals surface area contributed by atoms with Crippen LogP contribution < -0.4 is 0 Å². The lowest BCUT2D eigenvalue weighted by molar-refractivity contribution is -0.147. The predicted octanol–water partition coefficient (Wildman–Crippen LogP) is 16.9. The van der Waals surface area contributed by atoms with Gasteiger partial charge in [-0.25, -0.2) is 0 Å². The molecule has 102 heavy (non-hydrogen) atoms. The minimum Gasteiger partial charge on any atom is -0.463 e. The molecule has 6 aromatic carbocycles. The van der Waals surface area contributed by atoms with Gasteiger partial charge in [-0.1, -0.05) is 113 Å². The van der Waals surface area contributed by atoms with Gasteiger partial charge in [-0.3, -0.25) is 43.2 Å². The van der Waals surface area contributed by atoms with Crippen LogP contribution in [0.15, 0.2) is 72.8 Å². The van der Waals surface area contributed by atoms with Gasteiger partial charge in [-0.05, 0) is 198 Å². The molecule has 18 nitrogen and oxygen atoms in total. The van der Waals surface area contributed by atoms with E-state index in [0.29, 0.717) is 73.2 Å². The highest BCUT2D eigenvalue weighted by Gasteiger charge is 2.47. The van der Waals surface area contributed by atoms with Gasteiger partial charge in [0.1, 0.15) is 19.8 Å². The van der Waals surface area contributed by atoms with E-state index in [4.69, 9.17) is 28.4 Å². The molecule has 6 rings (SSSR count). The first-order valence-electron chi connectivity index (χ1n) is 34.5. The number of carbonyl (C=O) groups is 9. The Kier molecular flexibility index (Phi) is 29.1. The lowest BCUT2D eigenvalue weighted by Gasteiger charge is -2.32. The molecule has 0 aliphatic heterocycles. The van der Waals surface area contributed by atoms with Crippen molar-refractivity contribution in [2.45, 2.75) is 157 Å². The Bertz CT molecular complexity index is 3640. The second-order valence-electron chi connectivity index (χ2n) is 27.8. The molecule has 0 aromatic heterocycles. The molecule has 6 aromatic rings. The van der Waals surface area contributed by atoms with Gasteiger partial charge in [0.25, 0.3) is 0 Å². The molecule has 0 aliphatic carbocycles. The molecule has 21 heteroatoms. The van der Waals surface area contributed by atoms with E-state index < -0.39 is 116 Å². The molecule has 0 saturated carbocycles. The van der Waals surface area contributed by atoms with E-state index in [-0.39, 0.29) is 92.8 Å². The highest BCUT2D eigenvalue weighted by Crippen LogP contribution is 2.57. The van der Waals surface area contributed by atoms with E-state index in [1.54, 1.807) is 156 Å². The van der Waals surface area contributed by atoms with Crippen molar-refractivity contribution in [3.8, 4) is 0 Å². The zero-order valence-corrected chi connectivity index (χ0v) is 65.6. The van der Waals surface area contributed by atoms with E-state index in [2.05, 4.69) is 0 Å². The molecule has 0 spiro atoms. The fraction of sp³-hybridized carbons (Fsp3) is 0.444. The predicted molar refractivity (Wildman–Crippen MR) is 399 cm³/mol. The number of rotatable bonds is 37. The quantitative estimate of drug-likeness (QED) is 0.0152. The van der Waals surface area contributed by atoms with Crippen molar-refractivity contribution in [1.82, 2.24) is 0 Å². The molecule has 0 fully saturated rings. The topological polar surface area (TPSA) is 260 Å². The van der Waals surface area contributed by atoms with Crippen LogP contribution in [-0.4, -0.2) is 129 Å². The number of aryl methyl sites for hydroxylation is 18. The average Bonchev–Trinajstić information content (AvgIpc) is 0.774. The summed E-state index contributed by atoms with van der Waals surface area (Å²) >= 11 is 0. The Hall–Kier alpha value is -7.68. The zero-order chi connectivity index (χ0) is 76.1. The van der Waals surface area contributed by atoms with Gasteiger partial charge in [-0.2, -0.15) is 0 Å². The molecule has 0 heterocycles. The Morgan fingerprint density at radius 1 is 0.275 bits per heavy atom. The normalized spacial score (nSPS) is 11.9. The lowest BCUT2D eigenvalue weighted by atomic mass is 9.88. The molecule has 0 saturated heterocycles. The molecular formula is C81H101O18P3. The van der Waals surface area contributed by atoms with Crippen molar-refractivity contribution >= 4 is 72.5 Å². The molecule has 0 N–H and O–H groups in total. The van der Waals surface area contributed by atoms with Gasteiger partial charge < -0.3 is 42.1 Å². The van der Waals surface area contributed by atoms with Crippen molar-refractivity contribution in [3.63, 3.8) is 0 Å². The molecule has 0 unspecified atom stereocenters. The molecule has 0 atom stereocenters. The molecule has 0 radical (unpaired) electrons. The van der Waals surface area contributed by atoms with E-state index in [0.717, 1.165) is 33.4 Å². The van der Waals surface area contributed by atoms with E-state index in [1.807, 2.05) is 48.5 Å². The number of carbonyl (C=O) groups excluding carboxylic acids is 9. The largest absolute Gasteiger partial charge is 0.463 e. The van der Waals surface area contributed by atoms with Crippen molar-refractivity contribution < 1.29 is 85.3 Å². The van der Waals surface area contributed by atoms with Crippen LogP contribution in [0.4, 0.5) is 0 Å². The van der Waals surface area contributed by atoms with Crippen molar-refractivity contribution in [3.05, 3.63) is 206 Å². The highest BCUT2D eigenvalue weighted by molar-refractivity contribution is 7.96. The smallest absolute Gasteiger partial charge is 0.306 e. The SMILES string of the molecule is CCC(COCCOC(=O)CCP(=O)(C(=O)c1c(C)cc(C)cc1C)C(=O)c1c(C)cc(C)cc1C)(COCCOC(=O)CCP(=O)(C(=O)c1c(C)cc(C)cc1C)C(=O)c1c(C)cc(C)cc1C)COCCOC(=O)CCP(=O)(C(=O)c1c(C)cc(C)cc1C)C(=O)c1c(C)cc(C)cc1C. The van der Waals surface area contributed by atoms with Crippen LogP contribution in [0.1, 0.15) is 195 Å². The second-order valence-corrected chi connectivity index (χ2v) is 36.0. The number of ether oxygens (including phenoxy) is 6. The van der Waals surface area contributed by atoms with Crippen molar-refractivity contribution in [1.29, 1.82) is 0 Å². The summed E-state index contributed by atoms with van der Waals surface area (Å²) in [4.78, 5) is 128. The number of benzene rings is 6. The van der Waals surface area contributed by atoms with Gasteiger partial charge in [0.05, 0.1) is 58.9 Å². The van der Waals surface area contributed by atoms with Crippen LogP contribution in [0.2, 0.25) is 0 Å². The van der Waals surface area contributed by atoms with Crippen LogP contribution in [0.3, 0.4) is 0 Å². The summed E-state index contributed by atoms with van der Waals surface area (Å²) in [7, 11) is -13.5. The Balaban J connectivity index is 1.14. The van der Waals surface area contributed by atoms with Gasteiger partial charge >= 0.3 is 17.9 Å². The fourth-order valence-corrected chi connectivity index (χ4v) is 21.5. The standard InChI is InChI=1S/C81H101O18P3/c1-20-81(45-94-24-27-97-66(82)21-30-100(91,75(85)69-54(8)33-48(2)34-55(69)9)76(86)70-56(10)35-49(3)36-57(70)11,46-95-25-28-98-67(83)22-31-101(92,77(87)71-58(12)37-50(4)38-59(71)13)78(88)72-60(14)39-51(5)40-61(72)15)47-96-26-29-99-68(84)23-32-102(93,79(89)73-62(16)41-52(6)42-63(73)17)80(90)74-64(18)43-53(7)44-65(74)19/h33-44H,20-32,45-47H2,1-19H3. The van der Waals surface area contributed by atoms with Crippen molar-refractivity contribution in [2.24, 2.45) is 5.41 Å². The third-order valence-corrected chi connectivity index (χ3v) is 26.5. The number of hydrogen-bond donors (Lipinski definition) is 0. The number of hydrogen-bond acceptors (Lipinski definition) is 18. The molecular weight excluding hydrogens is 1350 g/mol. The molecule has 0 bridgehead atoms. The second kappa shape index (κ2) is 35.7.